The Balaban J connectivity index is 0.000000257. The highest BCUT2D eigenvalue weighted by atomic mass is 32.2. The number of rotatable bonds is 13. The van der Waals surface area contributed by atoms with Gasteiger partial charge in [-0.15, -0.1) is 29.9 Å². The third-order valence-corrected chi connectivity index (χ3v) is 12.9. The summed E-state index contributed by atoms with van der Waals surface area (Å²) < 4.78 is -0.966. The average molecular weight is 817 g/mol. The molecule has 2 saturated heterocycles. The number of aryl methyl sites for hydroxylation is 1. The lowest BCUT2D eigenvalue weighted by Gasteiger charge is -2.32. The van der Waals surface area contributed by atoms with Gasteiger partial charge in [0, 0.05) is 28.1 Å². The standard InChI is InChI=1S/C24H31N3O3S.C19H25N3O3S/c1-16-9-7-8-12-18(16)14-26-22(29)21-24(2,3)31-15-27(21)23(30)20(28)19(25)13-17-10-5-4-6-11-17;1-4-10-21-17(24)16-19(2,3)26-12-22(16)18(25)15(23)14(20)11-13-8-6-5-7-9-13/h4-12,19-21,28H,13-15,25H2,1-3H3,(H,26,29);1,5-9,14-16,23H,10-12,20H2,2-3H3,(H,21,24)/t19-,20-,21+;14-,15-,16+/m00/s1. The molecule has 3 aromatic carbocycles. The minimum absolute atomic E-state index is 0.0915. The minimum atomic E-state index is -1.38. The maximum absolute atomic E-state index is 13.1. The fourth-order valence-electron chi connectivity index (χ4n) is 6.85. The Kier molecular flexibility index (Phi) is 16.2. The van der Waals surface area contributed by atoms with Gasteiger partial charge in [-0.1, -0.05) is 90.8 Å². The van der Waals surface area contributed by atoms with E-state index < -0.39 is 57.7 Å². The lowest BCUT2D eigenvalue weighted by molar-refractivity contribution is -0.147. The molecular formula is C43H56N6O6S2. The zero-order valence-electron chi connectivity index (χ0n) is 33.3. The number of nitrogens with zero attached hydrogens (tertiary/aromatic N) is 2. The molecule has 0 bridgehead atoms. The Morgan fingerprint density at radius 2 is 1.14 bits per heavy atom. The van der Waals surface area contributed by atoms with Gasteiger partial charge in [-0.3, -0.25) is 19.2 Å². The van der Waals surface area contributed by atoms with Crippen molar-refractivity contribution in [2.24, 2.45) is 11.5 Å². The number of nitrogens with two attached hydrogens (primary N) is 2. The van der Waals surface area contributed by atoms with Crippen molar-refractivity contribution in [3.05, 3.63) is 107 Å². The number of hydrogen-bond donors (Lipinski definition) is 6. The van der Waals surface area contributed by atoms with E-state index in [1.807, 2.05) is 120 Å². The molecule has 0 unspecified atom stereocenters. The second-order valence-electron chi connectivity index (χ2n) is 15.3. The number of amides is 4. The minimum Gasteiger partial charge on any atom is -0.382 e. The summed E-state index contributed by atoms with van der Waals surface area (Å²) >= 11 is 3.00. The van der Waals surface area contributed by atoms with Gasteiger partial charge in [-0.25, -0.2) is 0 Å². The maximum Gasteiger partial charge on any atom is 0.254 e. The van der Waals surface area contributed by atoms with Gasteiger partial charge in [0.15, 0.2) is 0 Å². The Morgan fingerprint density at radius 1 is 0.737 bits per heavy atom. The summed E-state index contributed by atoms with van der Waals surface area (Å²) in [4.78, 5) is 54.4. The first-order chi connectivity index (χ1) is 27.0. The van der Waals surface area contributed by atoms with Crippen LogP contribution in [-0.4, -0.2) is 108 Å². The number of thioether (sulfide) groups is 2. The summed E-state index contributed by atoms with van der Waals surface area (Å²) in [6.07, 6.45) is 3.18. The van der Waals surface area contributed by atoms with E-state index in [4.69, 9.17) is 17.9 Å². The largest absolute Gasteiger partial charge is 0.382 e. The van der Waals surface area contributed by atoms with Gasteiger partial charge in [0.2, 0.25) is 11.8 Å². The van der Waals surface area contributed by atoms with Gasteiger partial charge >= 0.3 is 0 Å². The van der Waals surface area contributed by atoms with Crippen molar-refractivity contribution in [3.63, 3.8) is 0 Å². The molecular weight excluding hydrogens is 761 g/mol. The fraction of sp³-hybridized carbons (Fsp3) is 0.442. The van der Waals surface area contributed by atoms with Gasteiger partial charge in [0.05, 0.1) is 18.3 Å². The van der Waals surface area contributed by atoms with E-state index in [2.05, 4.69) is 16.6 Å². The molecule has 3 aromatic rings. The summed E-state index contributed by atoms with van der Waals surface area (Å²) in [5, 5.41) is 26.7. The predicted molar refractivity (Wildman–Crippen MR) is 227 cm³/mol. The zero-order valence-corrected chi connectivity index (χ0v) is 34.9. The Morgan fingerprint density at radius 3 is 1.56 bits per heavy atom. The third-order valence-electron chi connectivity index (χ3n) is 10.2. The molecule has 0 saturated carbocycles. The Bertz CT molecular complexity index is 1870. The number of aliphatic hydroxyl groups excluding tert-OH is 2. The van der Waals surface area contributed by atoms with E-state index in [1.165, 1.54) is 33.3 Å². The van der Waals surface area contributed by atoms with Crippen molar-refractivity contribution in [1.82, 2.24) is 20.4 Å². The van der Waals surface area contributed by atoms with E-state index in [-0.39, 0.29) is 18.4 Å². The quantitative estimate of drug-likeness (QED) is 0.140. The first-order valence-corrected chi connectivity index (χ1v) is 20.8. The molecule has 4 amide bonds. The second kappa shape index (κ2) is 20.4. The van der Waals surface area contributed by atoms with Crippen LogP contribution in [0.1, 0.15) is 49.9 Å². The van der Waals surface area contributed by atoms with Gasteiger partial charge < -0.3 is 42.1 Å². The van der Waals surface area contributed by atoms with E-state index in [9.17, 15) is 29.4 Å². The van der Waals surface area contributed by atoms with E-state index >= 15 is 0 Å². The summed E-state index contributed by atoms with van der Waals surface area (Å²) in [6.45, 7) is 10.1. The van der Waals surface area contributed by atoms with Crippen molar-refractivity contribution in [1.29, 1.82) is 0 Å². The number of terminal acetylenes is 1. The predicted octanol–water partition coefficient (Wildman–Crippen LogP) is 2.57. The maximum atomic E-state index is 13.1. The molecule has 306 valence electrons. The molecule has 2 heterocycles. The van der Waals surface area contributed by atoms with Crippen molar-refractivity contribution in [2.45, 2.75) is 99.9 Å². The average Bonchev–Trinajstić information content (AvgIpc) is 3.70. The van der Waals surface area contributed by atoms with E-state index in [0.29, 0.717) is 31.1 Å². The highest BCUT2D eigenvalue weighted by Gasteiger charge is 2.50. The highest BCUT2D eigenvalue weighted by molar-refractivity contribution is 8.01. The normalized spacial score (nSPS) is 20.2. The number of carbonyl (C=O) groups excluding carboxylic acids is 4. The van der Waals surface area contributed by atoms with Gasteiger partial charge in [0.1, 0.15) is 24.3 Å². The molecule has 6 atom stereocenters. The van der Waals surface area contributed by atoms with Crippen molar-refractivity contribution < 1.29 is 29.4 Å². The molecule has 0 radical (unpaired) electrons. The molecule has 2 aliphatic heterocycles. The number of aliphatic hydroxyl groups is 2. The van der Waals surface area contributed by atoms with Crippen molar-refractivity contribution in [3.8, 4) is 12.3 Å². The number of benzene rings is 3. The van der Waals surface area contributed by atoms with Gasteiger partial charge in [-0.2, -0.15) is 0 Å². The molecule has 12 nitrogen and oxygen atoms in total. The fourth-order valence-corrected chi connectivity index (χ4v) is 9.13. The van der Waals surface area contributed by atoms with Crippen LogP contribution in [-0.2, 0) is 38.6 Å². The van der Waals surface area contributed by atoms with Crippen LogP contribution in [0.4, 0.5) is 0 Å². The zero-order chi connectivity index (χ0) is 41.9. The Labute approximate surface area is 344 Å². The van der Waals surface area contributed by atoms with Crippen LogP contribution in [0.15, 0.2) is 84.9 Å². The molecule has 57 heavy (non-hydrogen) atoms. The molecule has 2 aliphatic rings. The van der Waals surface area contributed by atoms with Crippen LogP contribution in [0.5, 0.6) is 0 Å². The monoisotopic (exact) mass is 816 g/mol. The summed E-state index contributed by atoms with van der Waals surface area (Å²) in [5.41, 5.74) is 16.2. The molecule has 2 fully saturated rings. The smallest absolute Gasteiger partial charge is 0.254 e. The first-order valence-electron chi connectivity index (χ1n) is 18.9. The van der Waals surface area contributed by atoms with Crippen LogP contribution in [0.25, 0.3) is 0 Å². The van der Waals surface area contributed by atoms with Gasteiger partial charge in [0.25, 0.3) is 11.8 Å². The van der Waals surface area contributed by atoms with Gasteiger partial charge in [-0.05, 0) is 69.7 Å². The topological polar surface area (TPSA) is 191 Å². The molecule has 8 N–H and O–H groups in total. The Hall–Kier alpha value is -4.36. The lowest BCUT2D eigenvalue weighted by Crippen LogP contribution is -2.57. The molecule has 5 rings (SSSR count). The third kappa shape index (κ3) is 11.8. The van der Waals surface area contributed by atoms with E-state index in [0.717, 1.165) is 22.3 Å². The second-order valence-corrected chi connectivity index (χ2v) is 18.5. The SMILES string of the molecule is C#CCNC(=O)[C@H]1N(C(=O)[C@@H](O)[C@@H](N)Cc2ccccc2)CSC1(C)C.Cc1ccccc1CNC(=O)[C@H]1N(C(=O)[C@@H](O)[C@@H](N)Cc2ccccc2)CSC1(C)C. The molecule has 14 heteroatoms. The summed E-state index contributed by atoms with van der Waals surface area (Å²) in [7, 11) is 0. The number of hydrogen-bond acceptors (Lipinski definition) is 10. The number of nitrogens with one attached hydrogen (secondary N) is 2. The van der Waals surface area contributed by atoms with Crippen LogP contribution < -0.4 is 22.1 Å². The van der Waals surface area contributed by atoms with Crippen molar-refractivity contribution in [2.75, 3.05) is 18.3 Å². The van der Waals surface area contributed by atoms with Crippen LogP contribution >= 0.6 is 23.5 Å². The summed E-state index contributed by atoms with van der Waals surface area (Å²) in [5.74, 6) is 1.41. The van der Waals surface area contributed by atoms with Crippen LogP contribution in [0, 0.1) is 19.3 Å². The molecule has 0 aliphatic carbocycles. The van der Waals surface area contributed by atoms with Crippen LogP contribution in [0.2, 0.25) is 0 Å². The molecule has 0 aromatic heterocycles. The van der Waals surface area contributed by atoms with E-state index in [1.54, 1.807) is 0 Å². The lowest BCUT2D eigenvalue weighted by atomic mass is 9.97. The van der Waals surface area contributed by atoms with Crippen molar-refractivity contribution >= 4 is 47.2 Å². The van der Waals surface area contributed by atoms with Crippen LogP contribution in [0.3, 0.4) is 0 Å². The highest BCUT2D eigenvalue weighted by Crippen LogP contribution is 2.41. The number of carbonyl (C=O) groups is 4. The molecule has 0 spiro atoms. The first kappa shape index (κ1) is 45.3. The summed E-state index contributed by atoms with van der Waals surface area (Å²) in [6, 6.07) is 23.9.